The van der Waals surface area contributed by atoms with Crippen molar-refractivity contribution >= 4 is 17.4 Å². The molecule has 0 bridgehead atoms. The Labute approximate surface area is 71.9 Å². The highest BCUT2D eigenvalue weighted by Crippen LogP contribution is 2.18. The number of carbonyl (C=O) groups excluding carboxylic acids is 1. The van der Waals surface area contributed by atoms with E-state index >= 15 is 0 Å². The van der Waals surface area contributed by atoms with E-state index in [1.807, 2.05) is 0 Å². The Morgan fingerprint density at radius 3 is 2.64 bits per heavy atom. The largest absolute Gasteiger partial charge is 0.381 e. The van der Waals surface area contributed by atoms with Crippen LogP contribution in [0.3, 0.4) is 0 Å². The lowest BCUT2D eigenvalue weighted by Crippen LogP contribution is -2.19. The molecule has 0 spiro atoms. The minimum atomic E-state index is 0.164. The molecular weight excluding hydrogens is 164 g/mol. The maximum Gasteiger partial charge on any atom is 0.147 e. The molecule has 2 nitrogen and oxygen atoms in total. The summed E-state index contributed by atoms with van der Waals surface area (Å²) in [6, 6.07) is 0. The second kappa shape index (κ2) is 4.73. The molecule has 0 amide bonds. The van der Waals surface area contributed by atoms with Crippen LogP contribution in [-0.4, -0.2) is 24.9 Å². The fraction of sp³-hybridized carbons (Fsp3) is 0.875. The van der Waals surface area contributed by atoms with E-state index in [0.29, 0.717) is 12.3 Å². The molecule has 1 fully saturated rings. The zero-order chi connectivity index (χ0) is 8.10. The van der Waals surface area contributed by atoms with E-state index in [1.54, 1.807) is 0 Å². The molecule has 0 saturated carbocycles. The molecule has 0 aromatic carbocycles. The first-order valence-corrected chi connectivity index (χ1v) is 4.52. The van der Waals surface area contributed by atoms with Crippen LogP contribution in [0.25, 0.3) is 0 Å². The summed E-state index contributed by atoms with van der Waals surface area (Å²) in [5.74, 6) is 0.853. The summed E-state index contributed by atoms with van der Waals surface area (Å²) in [7, 11) is 0. The molecule has 0 N–H and O–H groups in total. The smallest absolute Gasteiger partial charge is 0.147 e. The van der Waals surface area contributed by atoms with E-state index in [9.17, 15) is 4.79 Å². The molecular formula is C8H13ClO2. The first kappa shape index (κ1) is 9.01. The average molecular weight is 177 g/mol. The highest BCUT2D eigenvalue weighted by molar-refractivity contribution is 6.27. The Balaban J connectivity index is 2.19. The van der Waals surface area contributed by atoms with Crippen LogP contribution < -0.4 is 0 Å². The molecule has 64 valence electrons. The Kier molecular flexibility index (Phi) is 3.87. The van der Waals surface area contributed by atoms with Gasteiger partial charge < -0.3 is 4.74 Å². The van der Waals surface area contributed by atoms with Gasteiger partial charge in [-0.05, 0) is 18.8 Å². The van der Waals surface area contributed by atoms with Crippen LogP contribution in [0.2, 0.25) is 0 Å². The summed E-state index contributed by atoms with van der Waals surface area (Å²) in [5, 5.41) is 0. The Morgan fingerprint density at radius 2 is 2.09 bits per heavy atom. The number of halogens is 1. The van der Waals surface area contributed by atoms with Crippen LogP contribution in [-0.2, 0) is 9.53 Å². The quantitative estimate of drug-likeness (QED) is 0.611. The number of Topliss-reactive ketones (excluding diaryl/α,β-unsaturated/α-hetero) is 1. The molecule has 1 heterocycles. The van der Waals surface area contributed by atoms with Gasteiger partial charge in [0.15, 0.2) is 0 Å². The Hall–Kier alpha value is -0.0800. The first-order chi connectivity index (χ1) is 5.33. The van der Waals surface area contributed by atoms with Crippen molar-refractivity contribution in [3.63, 3.8) is 0 Å². The van der Waals surface area contributed by atoms with Gasteiger partial charge in [0.05, 0.1) is 5.88 Å². The summed E-state index contributed by atoms with van der Waals surface area (Å²) >= 11 is 5.39. The third-order valence-corrected chi connectivity index (χ3v) is 2.30. The predicted molar refractivity (Wildman–Crippen MR) is 43.9 cm³/mol. The molecule has 1 aliphatic heterocycles. The van der Waals surface area contributed by atoms with Gasteiger partial charge in [0.25, 0.3) is 0 Å². The minimum absolute atomic E-state index is 0.164. The number of hydrogen-bond donors (Lipinski definition) is 0. The fourth-order valence-electron chi connectivity index (χ4n) is 1.33. The second-order valence-electron chi connectivity index (χ2n) is 2.93. The van der Waals surface area contributed by atoms with Gasteiger partial charge in [-0.15, -0.1) is 11.6 Å². The van der Waals surface area contributed by atoms with Crippen LogP contribution in [0.15, 0.2) is 0 Å². The van der Waals surface area contributed by atoms with E-state index in [1.165, 1.54) is 0 Å². The third-order valence-electron chi connectivity index (χ3n) is 2.01. The van der Waals surface area contributed by atoms with Gasteiger partial charge in [-0.1, -0.05) is 0 Å². The average Bonchev–Trinajstić information content (AvgIpc) is 2.06. The maximum atomic E-state index is 10.9. The topological polar surface area (TPSA) is 26.3 Å². The van der Waals surface area contributed by atoms with Crippen molar-refractivity contribution in [2.24, 2.45) is 5.92 Å². The van der Waals surface area contributed by atoms with Gasteiger partial charge in [-0.2, -0.15) is 0 Å². The number of ether oxygens (including phenoxy) is 1. The summed E-state index contributed by atoms with van der Waals surface area (Å²) in [4.78, 5) is 10.9. The van der Waals surface area contributed by atoms with Gasteiger partial charge in [0.1, 0.15) is 5.78 Å². The predicted octanol–water partition coefficient (Wildman–Crippen LogP) is 1.61. The lowest BCUT2D eigenvalue weighted by atomic mass is 9.95. The SMILES string of the molecule is O=C(CCl)CC1CCOCC1. The molecule has 0 unspecified atom stereocenters. The number of ketones is 1. The van der Waals surface area contributed by atoms with Crippen LogP contribution in [0, 0.1) is 5.92 Å². The number of rotatable bonds is 3. The maximum absolute atomic E-state index is 10.9. The highest BCUT2D eigenvalue weighted by Gasteiger charge is 2.16. The molecule has 0 aromatic rings. The van der Waals surface area contributed by atoms with E-state index in [2.05, 4.69) is 0 Å². The second-order valence-corrected chi connectivity index (χ2v) is 3.20. The van der Waals surface area contributed by atoms with Crippen molar-refractivity contribution in [2.45, 2.75) is 19.3 Å². The molecule has 0 aromatic heterocycles. The Morgan fingerprint density at radius 1 is 1.45 bits per heavy atom. The van der Waals surface area contributed by atoms with Crippen molar-refractivity contribution < 1.29 is 9.53 Å². The molecule has 3 heteroatoms. The van der Waals surface area contributed by atoms with Crippen molar-refractivity contribution in [3.8, 4) is 0 Å². The highest BCUT2D eigenvalue weighted by atomic mass is 35.5. The zero-order valence-corrected chi connectivity index (χ0v) is 7.27. The lowest BCUT2D eigenvalue weighted by molar-refractivity contribution is -0.118. The van der Waals surface area contributed by atoms with Crippen molar-refractivity contribution in [1.82, 2.24) is 0 Å². The fourth-order valence-corrected chi connectivity index (χ4v) is 1.44. The third kappa shape index (κ3) is 3.21. The van der Waals surface area contributed by atoms with Gasteiger partial charge >= 0.3 is 0 Å². The lowest BCUT2D eigenvalue weighted by Gasteiger charge is -2.20. The van der Waals surface area contributed by atoms with Crippen molar-refractivity contribution in [3.05, 3.63) is 0 Å². The summed E-state index contributed by atoms with van der Waals surface area (Å²) in [6.45, 7) is 1.61. The van der Waals surface area contributed by atoms with E-state index < -0.39 is 0 Å². The molecule has 1 rings (SSSR count). The van der Waals surface area contributed by atoms with Gasteiger partial charge in [-0.25, -0.2) is 0 Å². The van der Waals surface area contributed by atoms with E-state index in [0.717, 1.165) is 26.1 Å². The van der Waals surface area contributed by atoms with Crippen LogP contribution >= 0.6 is 11.6 Å². The standard InChI is InChI=1S/C8H13ClO2/c9-6-8(10)5-7-1-3-11-4-2-7/h7H,1-6H2. The number of alkyl halides is 1. The van der Waals surface area contributed by atoms with Crippen molar-refractivity contribution in [1.29, 1.82) is 0 Å². The normalized spacial score (nSPS) is 20.1. The number of carbonyl (C=O) groups is 1. The molecule has 0 atom stereocenters. The zero-order valence-electron chi connectivity index (χ0n) is 6.51. The summed E-state index contributed by atoms with van der Waals surface area (Å²) < 4.78 is 5.17. The minimum Gasteiger partial charge on any atom is -0.381 e. The van der Waals surface area contributed by atoms with Gasteiger partial charge in [0, 0.05) is 19.6 Å². The molecule has 11 heavy (non-hydrogen) atoms. The molecule has 1 aliphatic rings. The monoisotopic (exact) mass is 176 g/mol. The van der Waals surface area contributed by atoms with E-state index in [4.69, 9.17) is 16.3 Å². The summed E-state index contributed by atoms with van der Waals surface area (Å²) in [5.41, 5.74) is 0. The van der Waals surface area contributed by atoms with Gasteiger partial charge in [-0.3, -0.25) is 4.79 Å². The summed E-state index contributed by atoms with van der Waals surface area (Å²) in [6.07, 6.45) is 2.68. The van der Waals surface area contributed by atoms with Crippen LogP contribution in [0.1, 0.15) is 19.3 Å². The van der Waals surface area contributed by atoms with Crippen LogP contribution in [0.5, 0.6) is 0 Å². The molecule has 0 radical (unpaired) electrons. The number of hydrogen-bond acceptors (Lipinski definition) is 2. The Bertz CT molecular complexity index is 130. The van der Waals surface area contributed by atoms with Crippen LogP contribution in [0.4, 0.5) is 0 Å². The first-order valence-electron chi connectivity index (χ1n) is 3.98. The molecule has 1 saturated heterocycles. The molecule has 0 aliphatic carbocycles. The van der Waals surface area contributed by atoms with Crippen molar-refractivity contribution in [2.75, 3.05) is 19.1 Å². The van der Waals surface area contributed by atoms with E-state index in [-0.39, 0.29) is 11.7 Å². The van der Waals surface area contributed by atoms with Gasteiger partial charge in [0.2, 0.25) is 0 Å².